The SMILES string of the molecule is O=C(CN(C1=N[C@@H]2CS(=O)(=O)C[C@@H]2S1)c1ccc(F)cc1)Nc1ccc(F)cc1. The quantitative estimate of drug-likeness (QED) is 0.796. The van der Waals surface area contributed by atoms with Gasteiger partial charge in [0.15, 0.2) is 15.0 Å². The second-order valence-corrected chi connectivity index (χ2v) is 10.2. The van der Waals surface area contributed by atoms with Crippen LogP contribution in [-0.4, -0.2) is 48.8 Å². The van der Waals surface area contributed by atoms with E-state index in [1.165, 1.54) is 60.3 Å². The number of hydrogen-bond donors (Lipinski definition) is 1. The number of amides is 1. The maximum absolute atomic E-state index is 13.4. The standard InChI is InChI=1S/C19H17F2N3O3S2/c20-12-1-5-14(6-2-12)22-18(25)9-24(15-7-3-13(21)4-8-15)19-23-16-10-29(26,27)11-17(16)28-19/h1-8,16-17H,9-11H2,(H,22,25)/t16-,17+/m1/s1. The van der Waals surface area contributed by atoms with E-state index in [0.29, 0.717) is 16.5 Å². The summed E-state index contributed by atoms with van der Waals surface area (Å²) in [6.45, 7) is -0.110. The zero-order valence-electron chi connectivity index (χ0n) is 15.1. The number of carbonyl (C=O) groups is 1. The average Bonchev–Trinajstić information content (AvgIpc) is 3.16. The van der Waals surface area contributed by atoms with Gasteiger partial charge in [-0.05, 0) is 48.5 Å². The molecule has 1 saturated heterocycles. The molecule has 2 aliphatic rings. The van der Waals surface area contributed by atoms with Gasteiger partial charge >= 0.3 is 0 Å². The molecule has 0 aliphatic carbocycles. The number of amidine groups is 1. The number of aliphatic imine (C=N–C) groups is 1. The lowest BCUT2D eigenvalue weighted by atomic mass is 10.2. The Morgan fingerprint density at radius 2 is 1.69 bits per heavy atom. The Kier molecular flexibility index (Phi) is 5.30. The molecule has 29 heavy (non-hydrogen) atoms. The van der Waals surface area contributed by atoms with Crippen LogP contribution in [-0.2, 0) is 14.6 Å². The van der Waals surface area contributed by atoms with Gasteiger partial charge in [0.05, 0.1) is 17.5 Å². The van der Waals surface area contributed by atoms with E-state index in [1.807, 2.05) is 0 Å². The first-order valence-corrected chi connectivity index (χ1v) is 11.5. The predicted octanol–water partition coefficient (Wildman–Crippen LogP) is 2.68. The molecule has 0 radical (unpaired) electrons. The lowest BCUT2D eigenvalue weighted by Gasteiger charge is -2.24. The molecule has 152 valence electrons. The number of anilines is 2. The summed E-state index contributed by atoms with van der Waals surface area (Å²) in [6, 6.07) is 10.7. The van der Waals surface area contributed by atoms with E-state index < -0.39 is 21.5 Å². The van der Waals surface area contributed by atoms with Crippen LogP contribution in [0.5, 0.6) is 0 Å². The number of rotatable bonds is 4. The van der Waals surface area contributed by atoms with Crippen molar-refractivity contribution in [2.45, 2.75) is 11.3 Å². The summed E-state index contributed by atoms with van der Waals surface area (Å²) in [5.41, 5.74) is 1.01. The number of thioether (sulfide) groups is 1. The predicted molar refractivity (Wildman–Crippen MR) is 110 cm³/mol. The lowest BCUT2D eigenvalue weighted by Crippen LogP contribution is -2.36. The molecule has 0 saturated carbocycles. The van der Waals surface area contributed by atoms with Gasteiger partial charge in [0, 0.05) is 16.6 Å². The molecule has 0 bridgehead atoms. The first-order chi connectivity index (χ1) is 13.8. The largest absolute Gasteiger partial charge is 0.325 e. The molecular weight excluding hydrogens is 420 g/mol. The Labute approximate surface area is 170 Å². The molecule has 0 spiro atoms. The minimum absolute atomic E-state index is 0.00675. The Morgan fingerprint density at radius 3 is 2.31 bits per heavy atom. The first kappa shape index (κ1) is 19.8. The molecule has 1 fully saturated rings. The normalized spacial score (nSPS) is 22.1. The fourth-order valence-electron chi connectivity index (χ4n) is 3.24. The van der Waals surface area contributed by atoms with E-state index >= 15 is 0 Å². The topological polar surface area (TPSA) is 78.8 Å². The number of hydrogen-bond acceptors (Lipinski definition) is 6. The van der Waals surface area contributed by atoms with Crippen molar-refractivity contribution in [3.05, 3.63) is 60.2 Å². The van der Waals surface area contributed by atoms with E-state index in [2.05, 4.69) is 10.3 Å². The molecule has 6 nitrogen and oxygen atoms in total. The van der Waals surface area contributed by atoms with Crippen LogP contribution in [0.4, 0.5) is 20.2 Å². The van der Waals surface area contributed by atoms with Crippen LogP contribution in [0.15, 0.2) is 53.5 Å². The fraction of sp³-hybridized carbons (Fsp3) is 0.263. The number of carbonyl (C=O) groups excluding carboxylic acids is 1. The van der Waals surface area contributed by atoms with Gasteiger partial charge in [-0.25, -0.2) is 17.2 Å². The molecule has 10 heteroatoms. The highest BCUT2D eigenvalue weighted by Gasteiger charge is 2.44. The van der Waals surface area contributed by atoms with Gasteiger partial charge in [-0.15, -0.1) is 0 Å². The number of fused-ring (bicyclic) bond motifs is 1. The Balaban J connectivity index is 1.55. The highest BCUT2D eigenvalue weighted by molar-refractivity contribution is 8.15. The summed E-state index contributed by atoms with van der Waals surface area (Å²) >= 11 is 1.31. The van der Waals surface area contributed by atoms with E-state index in [9.17, 15) is 22.0 Å². The smallest absolute Gasteiger partial charge is 0.244 e. The Bertz CT molecular complexity index is 1060. The van der Waals surface area contributed by atoms with E-state index in [4.69, 9.17) is 0 Å². The molecule has 1 amide bonds. The number of benzene rings is 2. The zero-order valence-corrected chi connectivity index (χ0v) is 16.7. The van der Waals surface area contributed by atoms with Crippen LogP contribution in [0.3, 0.4) is 0 Å². The van der Waals surface area contributed by atoms with Crippen LogP contribution in [0.2, 0.25) is 0 Å². The third-order valence-electron chi connectivity index (χ3n) is 4.60. The average molecular weight is 437 g/mol. The summed E-state index contributed by atoms with van der Waals surface area (Å²) in [5.74, 6) is -1.14. The molecule has 2 atom stereocenters. The maximum Gasteiger partial charge on any atom is 0.244 e. The highest BCUT2D eigenvalue weighted by atomic mass is 32.2. The number of sulfone groups is 1. The van der Waals surface area contributed by atoms with Gasteiger partial charge in [-0.1, -0.05) is 11.8 Å². The highest BCUT2D eigenvalue weighted by Crippen LogP contribution is 2.36. The summed E-state index contributed by atoms with van der Waals surface area (Å²) in [6.07, 6.45) is 0. The zero-order chi connectivity index (χ0) is 20.6. The molecule has 1 N–H and O–H groups in total. The summed E-state index contributed by atoms with van der Waals surface area (Å²) in [4.78, 5) is 18.7. The minimum atomic E-state index is -3.10. The van der Waals surface area contributed by atoms with Crippen LogP contribution >= 0.6 is 11.8 Å². The van der Waals surface area contributed by atoms with Gasteiger partial charge in [-0.3, -0.25) is 9.79 Å². The van der Waals surface area contributed by atoms with Crippen LogP contribution in [0, 0.1) is 11.6 Å². The lowest BCUT2D eigenvalue weighted by molar-refractivity contribution is -0.114. The Hall–Kier alpha value is -2.46. The van der Waals surface area contributed by atoms with Crippen molar-refractivity contribution in [3.8, 4) is 0 Å². The molecule has 0 unspecified atom stereocenters. The third kappa shape index (κ3) is 4.59. The van der Waals surface area contributed by atoms with Gasteiger partial charge in [0.25, 0.3) is 0 Å². The molecular formula is C19H17F2N3O3S2. The Morgan fingerprint density at radius 1 is 1.07 bits per heavy atom. The van der Waals surface area contributed by atoms with Crippen LogP contribution in [0.25, 0.3) is 0 Å². The monoisotopic (exact) mass is 437 g/mol. The van der Waals surface area contributed by atoms with Crippen LogP contribution in [0.1, 0.15) is 0 Å². The minimum Gasteiger partial charge on any atom is -0.325 e. The second-order valence-electron chi connectivity index (χ2n) is 6.83. The van der Waals surface area contributed by atoms with Gasteiger partial charge in [0.2, 0.25) is 5.91 Å². The molecule has 2 aromatic rings. The van der Waals surface area contributed by atoms with Gasteiger partial charge in [0.1, 0.15) is 18.2 Å². The van der Waals surface area contributed by atoms with E-state index in [0.717, 1.165) is 0 Å². The van der Waals surface area contributed by atoms with Crippen molar-refractivity contribution in [1.29, 1.82) is 0 Å². The van der Waals surface area contributed by atoms with Crippen molar-refractivity contribution in [2.75, 3.05) is 28.3 Å². The summed E-state index contributed by atoms with van der Waals surface area (Å²) < 4.78 is 50.0. The molecule has 2 heterocycles. The molecule has 0 aromatic heterocycles. The van der Waals surface area contributed by atoms with Crippen molar-refractivity contribution in [3.63, 3.8) is 0 Å². The molecule has 4 rings (SSSR count). The molecule has 2 aromatic carbocycles. The summed E-state index contributed by atoms with van der Waals surface area (Å²) in [5, 5.41) is 3.03. The number of nitrogens with one attached hydrogen (secondary N) is 1. The van der Waals surface area contributed by atoms with Gasteiger partial charge < -0.3 is 10.2 Å². The molecule has 2 aliphatic heterocycles. The van der Waals surface area contributed by atoms with Crippen LogP contribution < -0.4 is 10.2 Å². The fourth-order valence-corrected chi connectivity index (χ4v) is 7.02. The van der Waals surface area contributed by atoms with E-state index in [1.54, 1.807) is 4.90 Å². The van der Waals surface area contributed by atoms with Crippen molar-refractivity contribution in [2.24, 2.45) is 4.99 Å². The van der Waals surface area contributed by atoms with Crippen molar-refractivity contribution >= 4 is 44.0 Å². The maximum atomic E-state index is 13.4. The number of halogens is 2. The summed E-state index contributed by atoms with van der Waals surface area (Å²) in [7, 11) is -3.10. The van der Waals surface area contributed by atoms with Crippen molar-refractivity contribution < 1.29 is 22.0 Å². The number of nitrogens with zero attached hydrogens (tertiary/aromatic N) is 2. The van der Waals surface area contributed by atoms with E-state index in [-0.39, 0.29) is 35.2 Å². The first-order valence-electron chi connectivity index (χ1n) is 8.82. The second kappa shape index (κ2) is 7.75. The van der Waals surface area contributed by atoms with Gasteiger partial charge in [-0.2, -0.15) is 0 Å². The van der Waals surface area contributed by atoms with Crippen molar-refractivity contribution in [1.82, 2.24) is 0 Å². The third-order valence-corrected chi connectivity index (χ3v) is 7.85.